The summed E-state index contributed by atoms with van der Waals surface area (Å²) in [5.41, 5.74) is -1.08. The summed E-state index contributed by atoms with van der Waals surface area (Å²) in [6.45, 7) is 3.75. The van der Waals surface area contributed by atoms with Crippen molar-refractivity contribution in [1.82, 2.24) is 0 Å². The van der Waals surface area contributed by atoms with Gasteiger partial charge in [0.15, 0.2) is 19.7 Å². The fourth-order valence-electron chi connectivity index (χ4n) is 4.38. The number of rotatable bonds is 10. The Balaban J connectivity index is 1.66. The Bertz CT molecular complexity index is 2250. The fourth-order valence-corrected chi connectivity index (χ4v) is 7.14. The first kappa shape index (κ1) is 36.1. The molecule has 0 fully saturated rings. The van der Waals surface area contributed by atoms with Gasteiger partial charge in [0, 0.05) is 46.1 Å². The number of carbonyl (C=O) groups is 2. The minimum atomic E-state index is -5.03. The van der Waals surface area contributed by atoms with Crippen molar-refractivity contribution in [3.63, 3.8) is 0 Å². The molecule has 48 heavy (non-hydrogen) atoms. The highest BCUT2D eigenvalue weighted by Gasteiger charge is 2.25. The molecule has 0 aliphatic carbocycles. The average molecular weight is 735 g/mol. The predicted octanol–water partition coefficient (Wildman–Crippen LogP) is 3.55. The van der Waals surface area contributed by atoms with Crippen LogP contribution in [0.2, 0.25) is 0 Å². The van der Waals surface area contributed by atoms with E-state index in [4.69, 9.17) is 0 Å². The predicted molar refractivity (Wildman–Crippen MR) is 176 cm³/mol. The maximum absolute atomic E-state index is 12.7. The Kier molecular flexibility index (Phi) is 9.83. The maximum Gasteiger partial charge on any atom is 0.295 e. The molecule has 4 aromatic carbocycles. The number of carbonyl (C=O) groups excluding carboxylic acids is 2. The van der Waals surface area contributed by atoms with Crippen LogP contribution in [0.1, 0.15) is 31.8 Å². The van der Waals surface area contributed by atoms with Crippen molar-refractivity contribution in [2.75, 3.05) is 23.1 Å². The molecule has 0 unspecified atom stereocenters. The third-order valence-electron chi connectivity index (χ3n) is 6.77. The molecule has 14 nitrogen and oxygen atoms in total. The second-order valence-corrected chi connectivity index (χ2v) is 17.2. The van der Waals surface area contributed by atoms with Gasteiger partial charge < -0.3 is 10.6 Å². The van der Waals surface area contributed by atoms with Crippen LogP contribution in [0.25, 0.3) is 5.57 Å². The van der Waals surface area contributed by atoms with Crippen molar-refractivity contribution >= 4 is 68.7 Å². The largest absolute Gasteiger partial charge is 0.322 e. The lowest BCUT2D eigenvalue weighted by molar-refractivity contribution is 0.101. The number of benzene rings is 4. The molecule has 0 radical (unpaired) electrons. The molecule has 4 rings (SSSR count). The van der Waals surface area contributed by atoms with Gasteiger partial charge in [0.2, 0.25) is 0 Å². The van der Waals surface area contributed by atoms with Gasteiger partial charge in [0.1, 0.15) is 9.79 Å². The van der Waals surface area contributed by atoms with Crippen LogP contribution in [0, 0.1) is 0 Å². The summed E-state index contributed by atoms with van der Waals surface area (Å²) in [6.07, 6.45) is 1.98. The van der Waals surface area contributed by atoms with Gasteiger partial charge in [-0.05, 0) is 78.4 Å². The van der Waals surface area contributed by atoms with E-state index in [1.54, 1.807) is 0 Å². The summed E-state index contributed by atoms with van der Waals surface area (Å²) < 4.78 is 116. The average Bonchev–Trinajstić information content (AvgIpc) is 2.99. The Morgan fingerprint density at radius 2 is 0.854 bits per heavy atom. The molecule has 4 N–H and O–H groups in total. The Morgan fingerprint density at radius 1 is 0.542 bits per heavy atom. The first-order valence-corrected chi connectivity index (χ1v) is 19.9. The SMILES string of the molecule is C=C(c1ccc(NC(=O)c2ccc(S(C)(=O)=O)cc2)cc1S(=O)(=O)O)c1ccc(NC(=O)c2ccc(S(C)(=O)=O)cc2)cc1S(=O)(=O)O. The molecule has 0 aliphatic rings. The number of hydrogen-bond donors (Lipinski definition) is 4. The minimum absolute atomic E-state index is 0.0280. The van der Waals surface area contributed by atoms with Crippen molar-refractivity contribution in [1.29, 1.82) is 0 Å². The summed E-state index contributed by atoms with van der Waals surface area (Å²) in [7, 11) is -17.1. The van der Waals surface area contributed by atoms with Crippen LogP contribution >= 0.6 is 0 Å². The number of amides is 2. The maximum atomic E-state index is 12.7. The molecule has 0 bridgehead atoms. The van der Waals surface area contributed by atoms with Gasteiger partial charge in [-0.2, -0.15) is 16.8 Å². The monoisotopic (exact) mass is 734 g/mol. The van der Waals surface area contributed by atoms with Crippen LogP contribution in [-0.4, -0.2) is 67.1 Å². The van der Waals surface area contributed by atoms with Crippen LogP contribution < -0.4 is 10.6 Å². The van der Waals surface area contributed by atoms with Crippen molar-refractivity contribution in [2.45, 2.75) is 19.6 Å². The summed E-state index contributed by atoms with van der Waals surface area (Å²) in [4.78, 5) is 23.9. The molecule has 0 heterocycles. The van der Waals surface area contributed by atoms with Gasteiger partial charge >= 0.3 is 0 Å². The van der Waals surface area contributed by atoms with Gasteiger partial charge in [0.05, 0.1) is 9.79 Å². The highest BCUT2D eigenvalue weighted by molar-refractivity contribution is 7.91. The molecule has 252 valence electrons. The topological polar surface area (TPSA) is 235 Å². The normalized spacial score (nSPS) is 12.2. The van der Waals surface area contributed by atoms with E-state index in [1.807, 2.05) is 0 Å². The number of sulfone groups is 2. The van der Waals surface area contributed by atoms with Crippen molar-refractivity contribution < 1.29 is 52.4 Å². The lowest BCUT2D eigenvalue weighted by Gasteiger charge is -2.16. The third kappa shape index (κ3) is 8.40. The van der Waals surface area contributed by atoms with Crippen molar-refractivity contribution in [3.05, 3.63) is 114 Å². The number of anilines is 2. The van der Waals surface area contributed by atoms with Crippen molar-refractivity contribution in [2.24, 2.45) is 0 Å². The highest BCUT2D eigenvalue weighted by atomic mass is 32.2. The van der Waals surface area contributed by atoms with E-state index in [1.165, 1.54) is 60.7 Å². The van der Waals surface area contributed by atoms with E-state index in [-0.39, 0.29) is 49.0 Å². The zero-order valence-corrected chi connectivity index (χ0v) is 28.2. The first-order valence-electron chi connectivity index (χ1n) is 13.2. The van der Waals surface area contributed by atoms with Gasteiger partial charge in [-0.3, -0.25) is 18.7 Å². The van der Waals surface area contributed by atoms with Gasteiger partial charge in [-0.1, -0.05) is 18.7 Å². The van der Waals surface area contributed by atoms with E-state index < -0.39 is 61.5 Å². The molecule has 4 aromatic rings. The fraction of sp³-hybridized carbons (Fsp3) is 0.0667. The molecular weight excluding hydrogens is 709 g/mol. The van der Waals surface area contributed by atoms with E-state index in [0.717, 1.165) is 36.8 Å². The summed E-state index contributed by atoms with van der Waals surface area (Å²) in [5, 5.41) is 4.84. The van der Waals surface area contributed by atoms with E-state index in [2.05, 4.69) is 17.2 Å². The van der Waals surface area contributed by atoms with E-state index in [0.29, 0.717) is 0 Å². The van der Waals surface area contributed by atoms with Crippen LogP contribution in [-0.2, 0) is 39.9 Å². The zero-order valence-electron chi connectivity index (χ0n) is 24.9. The van der Waals surface area contributed by atoms with Crippen LogP contribution in [0.15, 0.2) is 111 Å². The molecule has 18 heteroatoms. The first-order chi connectivity index (χ1) is 22.1. The summed E-state index contributed by atoms with van der Waals surface area (Å²) >= 11 is 0. The second-order valence-electron chi connectivity index (χ2n) is 10.4. The van der Waals surface area contributed by atoms with Gasteiger partial charge in [0.25, 0.3) is 32.1 Å². The van der Waals surface area contributed by atoms with Gasteiger partial charge in [-0.15, -0.1) is 0 Å². The molecule has 0 aliphatic heterocycles. The second kappa shape index (κ2) is 13.1. The lowest BCUT2D eigenvalue weighted by atomic mass is 9.98. The van der Waals surface area contributed by atoms with E-state index in [9.17, 15) is 52.4 Å². The standard InChI is InChI=1S/C30H26N2O12S4/c1-18(25-14-8-21(16-27(25)47(39,40)41)31-29(33)19-4-10-23(11-5-19)45(2,35)36)26-15-9-22(17-28(26)48(42,43)44)32-30(34)20-6-12-24(13-7-20)46(3,37)38/h4-17H,1H2,2-3H3,(H,31,33)(H,32,34)(H,39,40,41)(H,42,43,44). The minimum Gasteiger partial charge on any atom is -0.322 e. The molecule has 0 spiro atoms. The number of hydrogen-bond acceptors (Lipinski definition) is 10. The Labute approximate surface area is 276 Å². The summed E-state index contributed by atoms with van der Waals surface area (Å²) in [6, 6.07) is 16.3. The van der Waals surface area contributed by atoms with Crippen molar-refractivity contribution in [3.8, 4) is 0 Å². The lowest BCUT2D eigenvalue weighted by Crippen LogP contribution is -2.14. The Morgan fingerprint density at radius 3 is 1.12 bits per heavy atom. The molecule has 0 saturated heterocycles. The van der Waals surface area contributed by atoms with Crippen LogP contribution in [0.4, 0.5) is 11.4 Å². The molecule has 2 amide bonds. The quantitative estimate of drug-likeness (QED) is 0.171. The van der Waals surface area contributed by atoms with Crippen LogP contribution in [0.5, 0.6) is 0 Å². The molecular formula is C30H26N2O12S4. The zero-order chi connectivity index (χ0) is 35.8. The highest BCUT2D eigenvalue weighted by Crippen LogP contribution is 2.34. The molecule has 0 atom stereocenters. The molecule has 0 saturated carbocycles. The van der Waals surface area contributed by atoms with E-state index >= 15 is 0 Å². The smallest absolute Gasteiger partial charge is 0.295 e. The van der Waals surface area contributed by atoms with Crippen LogP contribution in [0.3, 0.4) is 0 Å². The number of nitrogens with one attached hydrogen (secondary N) is 2. The van der Waals surface area contributed by atoms with Gasteiger partial charge in [-0.25, -0.2) is 16.8 Å². The molecule has 0 aromatic heterocycles. The Hall–Kier alpha value is -4.72. The third-order valence-corrected chi connectivity index (χ3v) is 10.8. The summed E-state index contributed by atoms with van der Waals surface area (Å²) in [5.74, 6) is -1.50.